The van der Waals surface area contributed by atoms with E-state index in [1.807, 2.05) is 0 Å². The van der Waals surface area contributed by atoms with Gasteiger partial charge in [0.1, 0.15) is 0 Å². The number of halogens is 2. The third-order valence-corrected chi connectivity index (χ3v) is 3.52. The first-order valence-electron chi connectivity index (χ1n) is 7.70. The molecule has 0 aliphatic heterocycles. The maximum atomic E-state index is 5.13. The molecular weight excluding hydrogens is 414 g/mol. The molecule has 0 nitrogen and oxygen atoms in total. The Labute approximate surface area is 158 Å². The number of rotatable bonds is 0. The fourth-order valence-corrected chi connectivity index (χ4v) is 2.61. The molecule has 4 aromatic rings. The van der Waals surface area contributed by atoms with Gasteiger partial charge in [-0.25, -0.2) is 0 Å². The second-order valence-electron chi connectivity index (χ2n) is 5.66. The second kappa shape index (κ2) is 9.47. The van der Waals surface area contributed by atoms with E-state index in [2.05, 4.69) is 90.9 Å². The molecule has 0 saturated carbocycles. The van der Waals surface area contributed by atoms with E-state index in [0.29, 0.717) is 0 Å². The molecule has 0 radical (unpaired) electrons. The standard InChI is InChI=1S/2C10H9.CH2.2ClH.Zr/c2*1-8-6-9-4-2-3-5-10(9)7-8;;;;/h2*2-7H,1H3;1H2;2*1H;/q2*-1;;;;+2/p-2. The van der Waals surface area contributed by atoms with Gasteiger partial charge in [0.05, 0.1) is 0 Å². The molecule has 0 amide bonds. The van der Waals surface area contributed by atoms with Crippen LogP contribution in [0.25, 0.3) is 21.5 Å². The average Bonchev–Trinajstić information content (AvgIpc) is 3.07. The van der Waals surface area contributed by atoms with Crippen LogP contribution in [0.2, 0.25) is 0 Å². The van der Waals surface area contributed by atoms with Crippen LogP contribution in [0, 0.1) is 13.8 Å². The van der Waals surface area contributed by atoms with Crippen molar-refractivity contribution < 1.29 is 18.9 Å². The van der Waals surface area contributed by atoms with E-state index in [9.17, 15) is 0 Å². The van der Waals surface area contributed by atoms with E-state index in [-0.39, 0.29) is 0 Å². The summed E-state index contributed by atoms with van der Waals surface area (Å²) >= 11 is -1.85. The molecule has 0 bridgehead atoms. The van der Waals surface area contributed by atoms with Crippen molar-refractivity contribution in [3.63, 3.8) is 0 Å². The van der Waals surface area contributed by atoms with Crippen LogP contribution < -0.4 is 0 Å². The molecule has 4 rings (SSSR count). The van der Waals surface area contributed by atoms with Gasteiger partial charge in [0.2, 0.25) is 0 Å². The first-order chi connectivity index (χ1) is 11.5. The van der Waals surface area contributed by atoms with Gasteiger partial charge < -0.3 is 0 Å². The fraction of sp³-hybridized carbons (Fsp3) is 0.0952. The summed E-state index contributed by atoms with van der Waals surface area (Å²) in [6, 6.07) is 25.7. The van der Waals surface area contributed by atoms with Crippen LogP contribution in [-0.2, 0) is 18.9 Å². The quantitative estimate of drug-likeness (QED) is 0.260. The molecule has 0 aliphatic rings. The number of benzene rings is 2. The summed E-state index contributed by atoms with van der Waals surface area (Å²) in [5.74, 6) is 0. The molecule has 0 spiro atoms. The van der Waals surface area contributed by atoms with Crippen molar-refractivity contribution in [2.45, 2.75) is 13.8 Å². The molecule has 124 valence electrons. The topological polar surface area (TPSA) is 0 Å². The summed E-state index contributed by atoms with van der Waals surface area (Å²) in [5, 5.41) is 5.39. The van der Waals surface area contributed by atoms with Crippen LogP contribution in [0.15, 0.2) is 72.8 Å². The Bertz CT molecular complexity index is 789. The van der Waals surface area contributed by atoms with Gasteiger partial charge in [-0.05, 0) is 0 Å². The molecule has 3 heteroatoms. The first-order valence-corrected chi connectivity index (χ1v) is 15.8. The first kappa shape index (κ1) is 19.3. The Kier molecular flexibility index (Phi) is 7.62. The van der Waals surface area contributed by atoms with Crippen LogP contribution in [0.3, 0.4) is 0 Å². The van der Waals surface area contributed by atoms with Crippen molar-refractivity contribution in [2.75, 3.05) is 0 Å². The molecule has 0 aliphatic carbocycles. The van der Waals surface area contributed by atoms with Gasteiger partial charge in [0.25, 0.3) is 0 Å². The Morgan fingerprint density at radius 1 is 0.750 bits per heavy atom. The third kappa shape index (κ3) is 6.13. The van der Waals surface area contributed by atoms with E-state index in [1.165, 1.54) is 32.7 Å². The number of hydrogen-bond acceptors (Lipinski definition) is 0. The predicted molar refractivity (Wildman–Crippen MR) is 107 cm³/mol. The molecule has 0 N–H and O–H groups in total. The van der Waals surface area contributed by atoms with E-state index in [4.69, 9.17) is 17.0 Å². The molecule has 0 saturated heterocycles. The van der Waals surface area contributed by atoms with E-state index in [0.717, 1.165) is 0 Å². The molecule has 24 heavy (non-hydrogen) atoms. The number of fused-ring (bicyclic) bond motifs is 2. The van der Waals surface area contributed by atoms with E-state index in [1.54, 1.807) is 0 Å². The SMILES string of the molecule is Cc1cc2ccccc2[cH-]1.Cc1cc2ccccc2[cH-]1.[CH2]=[Zr]([Cl])[Cl]. The fourth-order valence-electron chi connectivity index (χ4n) is 2.61. The van der Waals surface area contributed by atoms with E-state index < -0.39 is 18.9 Å². The van der Waals surface area contributed by atoms with Gasteiger partial charge in [-0.15, -0.1) is 81.2 Å². The monoisotopic (exact) mass is 432 g/mol. The van der Waals surface area contributed by atoms with Gasteiger partial charge in [-0.1, -0.05) is 26.0 Å². The zero-order valence-corrected chi connectivity index (χ0v) is 17.9. The van der Waals surface area contributed by atoms with Crippen LogP contribution in [0.1, 0.15) is 11.1 Å². The molecule has 0 fully saturated rings. The summed E-state index contributed by atoms with van der Waals surface area (Å²) in [6.45, 7) is 4.25. The van der Waals surface area contributed by atoms with Gasteiger partial charge in [-0.3, -0.25) is 0 Å². The molecule has 0 atom stereocenters. The van der Waals surface area contributed by atoms with Crippen molar-refractivity contribution >= 4 is 42.8 Å². The minimum atomic E-state index is -1.85. The summed E-state index contributed by atoms with van der Waals surface area (Å²) < 4.78 is 3.37. The Morgan fingerprint density at radius 3 is 1.42 bits per heavy atom. The van der Waals surface area contributed by atoms with Crippen molar-refractivity contribution in [1.82, 2.24) is 0 Å². The van der Waals surface area contributed by atoms with Crippen LogP contribution in [0.5, 0.6) is 0 Å². The summed E-state index contributed by atoms with van der Waals surface area (Å²) in [4.78, 5) is 0. The van der Waals surface area contributed by atoms with Crippen LogP contribution in [0.4, 0.5) is 0 Å². The van der Waals surface area contributed by atoms with Crippen LogP contribution in [-0.4, -0.2) is 4.21 Å². The predicted octanol–water partition coefficient (Wildman–Crippen LogP) is 7.08. The molecule has 0 heterocycles. The average molecular weight is 435 g/mol. The van der Waals surface area contributed by atoms with Gasteiger partial charge in [-0.2, -0.15) is 12.1 Å². The zero-order valence-electron chi connectivity index (χ0n) is 13.9. The Morgan fingerprint density at radius 2 is 1.08 bits per heavy atom. The second-order valence-corrected chi connectivity index (χ2v) is 13.9. The summed E-state index contributed by atoms with van der Waals surface area (Å²) in [7, 11) is 10.3. The Balaban J connectivity index is 0.000000143. The molecule has 4 aromatic carbocycles. The number of aryl methyl sites for hydroxylation is 2. The molecule has 0 aromatic heterocycles. The normalized spacial score (nSPS) is 9.83. The van der Waals surface area contributed by atoms with Crippen molar-refractivity contribution in [2.24, 2.45) is 0 Å². The van der Waals surface area contributed by atoms with Crippen molar-refractivity contribution in [3.8, 4) is 0 Å². The van der Waals surface area contributed by atoms with Gasteiger partial charge >= 0.3 is 40.1 Å². The Hall–Kier alpha value is -1.01. The van der Waals surface area contributed by atoms with Crippen molar-refractivity contribution in [1.29, 1.82) is 0 Å². The zero-order chi connectivity index (χ0) is 17.5. The summed E-state index contributed by atoms with van der Waals surface area (Å²) in [5.41, 5.74) is 2.70. The van der Waals surface area contributed by atoms with Crippen molar-refractivity contribution in [3.05, 3.63) is 83.9 Å². The maximum absolute atomic E-state index is 5.13. The van der Waals surface area contributed by atoms with Gasteiger partial charge in [0, 0.05) is 0 Å². The molecular formula is C21H20Cl2Zr-2. The van der Waals surface area contributed by atoms with E-state index >= 15 is 0 Å². The minimum absolute atomic E-state index is 1.35. The third-order valence-electron chi connectivity index (χ3n) is 3.52. The molecule has 0 unspecified atom stereocenters. The summed E-state index contributed by atoms with van der Waals surface area (Å²) in [6.07, 6.45) is 0. The van der Waals surface area contributed by atoms with Crippen LogP contribution >= 0.6 is 17.0 Å². The number of hydrogen-bond donors (Lipinski definition) is 0. The van der Waals surface area contributed by atoms with Gasteiger partial charge in [0.15, 0.2) is 0 Å².